The van der Waals surface area contributed by atoms with E-state index < -0.39 is 5.97 Å². The van der Waals surface area contributed by atoms with Crippen LogP contribution in [0.5, 0.6) is 17.2 Å². The number of ether oxygens (including phenoxy) is 4. The lowest BCUT2D eigenvalue weighted by molar-refractivity contribution is -0.133. The number of nitrogen functional groups attached to an aromatic ring is 1. The second kappa shape index (κ2) is 6.76. The highest BCUT2D eigenvalue weighted by Crippen LogP contribution is 2.42. The van der Waals surface area contributed by atoms with Crippen molar-refractivity contribution in [3.8, 4) is 17.2 Å². The Bertz CT molecular complexity index is 832. The van der Waals surface area contributed by atoms with E-state index in [1.54, 1.807) is 18.2 Å². The molecular weight excluding hydrogens is 322 g/mol. The predicted octanol–water partition coefficient (Wildman–Crippen LogP) is 2.76. The Hall–Kier alpha value is -3.15. The van der Waals surface area contributed by atoms with Crippen molar-refractivity contribution in [2.75, 3.05) is 33.7 Å². The van der Waals surface area contributed by atoms with Crippen LogP contribution in [-0.4, -0.2) is 33.9 Å². The molecule has 2 aromatic carbocycles. The monoisotopic (exact) mass is 341 g/mol. The van der Waals surface area contributed by atoms with Crippen LogP contribution < -0.4 is 19.9 Å². The first-order chi connectivity index (χ1) is 12.1. The fourth-order valence-corrected chi connectivity index (χ4v) is 2.88. The fourth-order valence-electron chi connectivity index (χ4n) is 2.88. The summed E-state index contributed by atoms with van der Waals surface area (Å²) in [5, 5.41) is 0. The number of cyclic esters (lactones) is 1. The molecule has 0 amide bonds. The SMILES string of the molecule is COc1cc(C2=C(c3cccc(N)c3)COC2=O)cc(OC)c1OC. The van der Waals surface area contributed by atoms with Crippen molar-refractivity contribution in [3.63, 3.8) is 0 Å². The molecule has 0 atom stereocenters. The minimum atomic E-state index is -0.397. The van der Waals surface area contributed by atoms with Gasteiger partial charge in [-0.25, -0.2) is 4.79 Å². The van der Waals surface area contributed by atoms with Crippen molar-refractivity contribution in [2.24, 2.45) is 0 Å². The van der Waals surface area contributed by atoms with Gasteiger partial charge in [0.15, 0.2) is 11.5 Å². The normalized spacial score (nSPS) is 13.6. The molecule has 6 nitrogen and oxygen atoms in total. The average molecular weight is 341 g/mol. The van der Waals surface area contributed by atoms with Crippen molar-refractivity contribution < 1.29 is 23.7 Å². The lowest BCUT2D eigenvalue weighted by atomic mass is 9.96. The molecule has 1 aliphatic heterocycles. The van der Waals surface area contributed by atoms with Gasteiger partial charge in [-0.15, -0.1) is 0 Å². The van der Waals surface area contributed by atoms with Crippen molar-refractivity contribution >= 4 is 22.8 Å². The number of nitrogens with two attached hydrogens (primary N) is 1. The predicted molar refractivity (Wildman–Crippen MR) is 94.7 cm³/mol. The van der Waals surface area contributed by atoms with Gasteiger partial charge < -0.3 is 24.7 Å². The number of esters is 1. The number of carbonyl (C=O) groups is 1. The van der Waals surface area contributed by atoms with Gasteiger partial charge in [0.05, 0.1) is 26.9 Å². The number of hydrogen-bond acceptors (Lipinski definition) is 6. The molecule has 1 heterocycles. The number of hydrogen-bond donors (Lipinski definition) is 1. The zero-order valence-electron chi connectivity index (χ0n) is 14.3. The molecule has 0 bridgehead atoms. The van der Waals surface area contributed by atoms with Crippen LogP contribution in [0.3, 0.4) is 0 Å². The molecule has 0 unspecified atom stereocenters. The smallest absolute Gasteiger partial charge is 0.339 e. The average Bonchev–Trinajstić information content (AvgIpc) is 3.01. The minimum Gasteiger partial charge on any atom is -0.493 e. The summed E-state index contributed by atoms with van der Waals surface area (Å²) in [6.45, 7) is 0.189. The van der Waals surface area contributed by atoms with Crippen LogP contribution in [0, 0.1) is 0 Å². The van der Waals surface area contributed by atoms with Crippen molar-refractivity contribution in [3.05, 3.63) is 47.5 Å². The molecule has 0 spiro atoms. The summed E-state index contributed by atoms with van der Waals surface area (Å²) in [4.78, 5) is 12.4. The standard InChI is InChI=1S/C19H19NO5/c1-22-15-8-12(9-16(23-2)18(15)24-3)17-14(10-25-19(17)21)11-5-4-6-13(20)7-11/h4-9H,10,20H2,1-3H3. The van der Waals surface area contributed by atoms with Crippen LogP contribution in [0.4, 0.5) is 5.69 Å². The molecule has 25 heavy (non-hydrogen) atoms. The highest BCUT2D eigenvalue weighted by atomic mass is 16.5. The molecule has 2 N–H and O–H groups in total. The summed E-state index contributed by atoms with van der Waals surface area (Å²) in [6.07, 6.45) is 0. The van der Waals surface area contributed by atoms with Gasteiger partial charge >= 0.3 is 5.97 Å². The first-order valence-corrected chi connectivity index (χ1v) is 7.65. The van der Waals surface area contributed by atoms with E-state index in [0.29, 0.717) is 34.1 Å². The molecule has 130 valence electrons. The molecule has 0 aromatic heterocycles. The Kier molecular flexibility index (Phi) is 4.52. The Morgan fingerprint density at radius 3 is 2.20 bits per heavy atom. The lowest BCUT2D eigenvalue weighted by Gasteiger charge is -2.14. The number of carbonyl (C=O) groups excluding carboxylic acids is 1. The van der Waals surface area contributed by atoms with Crippen LogP contribution in [0.1, 0.15) is 11.1 Å². The maximum Gasteiger partial charge on any atom is 0.339 e. The Balaban J connectivity index is 2.21. The van der Waals surface area contributed by atoms with E-state index in [1.807, 2.05) is 18.2 Å². The quantitative estimate of drug-likeness (QED) is 0.665. The maximum atomic E-state index is 12.4. The number of rotatable bonds is 5. The minimum absolute atomic E-state index is 0.189. The highest BCUT2D eigenvalue weighted by Gasteiger charge is 2.29. The molecule has 0 radical (unpaired) electrons. The molecule has 6 heteroatoms. The van der Waals surface area contributed by atoms with Gasteiger partial charge in [0.25, 0.3) is 0 Å². The zero-order chi connectivity index (χ0) is 18.0. The molecular formula is C19H19NO5. The molecule has 2 aromatic rings. The summed E-state index contributed by atoms with van der Waals surface area (Å²) in [5.41, 5.74) is 9.20. The molecule has 0 saturated carbocycles. The van der Waals surface area contributed by atoms with Crippen LogP contribution >= 0.6 is 0 Å². The first kappa shape index (κ1) is 16.7. The number of anilines is 1. The maximum absolute atomic E-state index is 12.4. The van der Waals surface area contributed by atoms with Crippen molar-refractivity contribution in [1.82, 2.24) is 0 Å². The Morgan fingerprint density at radius 2 is 1.64 bits per heavy atom. The van der Waals surface area contributed by atoms with Gasteiger partial charge in [0.1, 0.15) is 6.61 Å². The van der Waals surface area contributed by atoms with Crippen molar-refractivity contribution in [2.45, 2.75) is 0 Å². The van der Waals surface area contributed by atoms with E-state index in [-0.39, 0.29) is 6.61 Å². The van der Waals surface area contributed by atoms with Gasteiger partial charge in [0.2, 0.25) is 5.75 Å². The van der Waals surface area contributed by atoms with E-state index in [2.05, 4.69) is 0 Å². The van der Waals surface area contributed by atoms with E-state index >= 15 is 0 Å². The topological polar surface area (TPSA) is 80.0 Å². The van der Waals surface area contributed by atoms with Crippen LogP contribution in [0.15, 0.2) is 36.4 Å². The first-order valence-electron chi connectivity index (χ1n) is 7.65. The van der Waals surface area contributed by atoms with Crippen LogP contribution in [-0.2, 0) is 9.53 Å². The van der Waals surface area contributed by atoms with E-state index in [1.165, 1.54) is 21.3 Å². The molecule has 3 rings (SSSR count). The third kappa shape index (κ3) is 2.98. The van der Waals surface area contributed by atoms with Crippen molar-refractivity contribution in [1.29, 1.82) is 0 Å². The summed E-state index contributed by atoms with van der Waals surface area (Å²) < 4.78 is 21.3. The highest BCUT2D eigenvalue weighted by molar-refractivity contribution is 6.27. The molecule has 0 fully saturated rings. The van der Waals surface area contributed by atoms with Gasteiger partial charge in [0, 0.05) is 11.3 Å². The summed E-state index contributed by atoms with van der Waals surface area (Å²) in [6, 6.07) is 10.8. The van der Waals surface area contributed by atoms with Gasteiger partial charge in [-0.05, 0) is 35.4 Å². The Morgan fingerprint density at radius 1 is 0.960 bits per heavy atom. The molecule has 1 aliphatic rings. The van der Waals surface area contributed by atoms with Gasteiger partial charge in [-0.1, -0.05) is 12.1 Å². The van der Waals surface area contributed by atoms with E-state index in [0.717, 1.165) is 11.1 Å². The summed E-state index contributed by atoms with van der Waals surface area (Å²) in [5.74, 6) is 1.00. The third-order valence-electron chi connectivity index (χ3n) is 4.04. The second-order valence-electron chi connectivity index (χ2n) is 5.47. The fraction of sp³-hybridized carbons (Fsp3) is 0.211. The third-order valence-corrected chi connectivity index (χ3v) is 4.04. The largest absolute Gasteiger partial charge is 0.493 e. The molecule has 0 aliphatic carbocycles. The van der Waals surface area contributed by atoms with Crippen LogP contribution in [0.25, 0.3) is 11.1 Å². The summed E-state index contributed by atoms with van der Waals surface area (Å²) in [7, 11) is 4.59. The van der Waals surface area contributed by atoms with Crippen LogP contribution in [0.2, 0.25) is 0 Å². The second-order valence-corrected chi connectivity index (χ2v) is 5.47. The lowest BCUT2D eigenvalue weighted by Crippen LogP contribution is -2.01. The van der Waals surface area contributed by atoms with E-state index in [9.17, 15) is 4.79 Å². The van der Waals surface area contributed by atoms with Gasteiger partial charge in [-0.3, -0.25) is 0 Å². The number of benzene rings is 2. The zero-order valence-corrected chi connectivity index (χ0v) is 14.3. The Labute approximate surface area is 145 Å². The van der Waals surface area contributed by atoms with Gasteiger partial charge in [-0.2, -0.15) is 0 Å². The van der Waals surface area contributed by atoms with E-state index in [4.69, 9.17) is 24.7 Å². The number of methoxy groups -OCH3 is 3. The summed E-state index contributed by atoms with van der Waals surface area (Å²) >= 11 is 0. The molecule has 0 saturated heterocycles.